The second-order valence-corrected chi connectivity index (χ2v) is 9.04. The van der Waals surface area contributed by atoms with Crippen LogP contribution in [-0.4, -0.2) is 34.1 Å². The van der Waals surface area contributed by atoms with Crippen LogP contribution in [0.4, 0.5) is 8.78 Å². The third-order valence-electron chi connectivity index (χ3n) is 4.26. The van der Waals surface area contributed by atoms with Crippen LogP contribution in [0.2, 0.25) is 0 Å². The summed E-state index contributed by atoms with van der Waals surface area (Å²) in [6.07, 6.45) is 0. The molecule has 4 rings (SSSR count). The Kier molecular flexibility index (Phi) is 7.62. The molecule has 0 aliphatic heterocycles. The summed E-state index contributed by atoms with van der Waals surface area (Å²) in [5.41, 5.74) is 1.73. The molecule has 0 bridgehead atoms. The van der Waals surface area contributed by atoms with Crippen LogP contribution in [0.3, 0.4) is 0 Å². The van der Waals surface area contributed by atoms with Crippen LogP contribution in [0, 0.1) is 25.5 Å². The number of ether oxygens (including phenoxy) is 1. The molecule has 0 saturated carbocycles. The van der Waals surface area contributed by atoms with E-state index in [1.807, 2.05) is 6.92 Å². The number of aromatic carboxylic acids is 1. The molecule has 0 aliphatic carbocycles. The van der Waals surface area contributed by atoms with Gasteiger partial charge in [-0.25, -0.2) is 28.3 Å². The molecule has 2 heterocycles. The number of halogens is 2. The number of hydrogen-bond donors (Lipinski definition) is 1. The number of methoxy groups -OCH3 is 1. The molecule has 0 amide bonds. The monoisotopic (exact) mass is 488 g/mol. The predicted molar refractivity (Wildman–Crippen MR) is 123 cm³/mol. The smallest absolute Gasteiger partial charge is 0.358 e. The van der Waals surface area contributed by atoms with E-state index in [1.54, 1.807) is 31.2 Å². The number of carbonyl (C=O) groups excluding carboxylic acids is 1. The maximum absolute atomic E-state index is 12.8. The Bertz CT molecular complexity index is 1280. The molecular weight excluding hydrogens is 470 g/mol. The number of rotatable bonds is 4. The molecule has 2 aromatic carbocycles. The fraction of sp³-hybridized carbons (Fsp3) is 0.130. The molecular formula is C23H18F2N2O4S2. The lowest BCUT2D eigenvalue weighted by Crippen LogP contribution is -2.03. The first-order valence-corrected chi connectivity index (χ1v) is 11.1. The average molecular weight is 489 g/mol. The summed E-state index contributed by atoms with van der Waals surface area (Å²) >= 11 is 2.67. The quantitative estimate of drug-likeness (QED) is 0.355. The third-order valence-corrected chi connectivity index (χ3v) is 6.30. The van der Waals surface area contributed by atoms with E-state index in [9.17, 15) is 18.4 Å². The molecule has 6 nitrogen and oxygen atoms in total. The molecule has 0 spiro atoms. The number of esters is 1. The SMILES string of the molecule is COC(=O)c1nc(C)sc1-c1ccc(F)cc1.Cc1nc(C(=O)O)c(-c2ccc(F)cc2)s1. The lowest BCUT2D eigenvalue weighted by molar-refractivity contribution is 0.0594. The van der Waals surface area contributed by atoms with E-state index in [4.69, 9.17) is 5.11 Å². The van der Waals surface area contributed by atoms with Crippen LogP contribution in [0.1, 0.15) is 31.0 Å². The van der Waals surface area contributed by atoms with E-state index in [2.05, 4.69) is 14.7 Å². The van der Waals surface area contributed by atoms with Gasteiger partial charge in [0.1, 0.15) is 11.6 Å². The maximum atomic E-state index is 12.8. The Morgan fingerprint density at radius 2 is 1.18 bits per heavy atom. The molecule has 10 heteroatoms. The highest BCUT2D eigenvalue weighted by Gasteiger charge is 2.19. The fourth-order valence-electron chi connectivity index (χ4n) is 2.83. The number of aryl methyl sites for hydroxylation is 2. The standard InChI is InChI=1S/C12H10FNO2S.C11H8FNO2S/c1-7-14-10(12(15)16-2)11(17-7)8-3-5-9(13)6-4-8;1-6-13-9(11(14)15)10(16-6)7-2-4-8(12)5-3-7/h3-6H,1-2H3;2-5H,1H3,(H,14,15). The summed E-state index contributed by atoms with van der Waals surface area (Å²) in [4.78, 5) is 31.8. The van der Waals surface area contributed by atoms with Crippen LogP contribution in [-0.2, 0) is 4.74 Å². The van der Waals surface area contributed by atoms with Crippen LogP contribution < -0.4 is 0 Å². The number of aromatic nitrogens is 2. The van der Waals surface area contributed by atoms with Gasteiger partial charge in [0, 0.05) is 0 Å². The first kappa shape index (κ1) is 24.1. The second-order valence-electron chi connectivity index (χ2n) is 6.63. The summed E-state index contributed by atoms with van der Waals surface area (Å²) in [6, 6.07) is 11.6. The minimum Gasteiger partial charge on any atom is -0.476 e. The zero-order chi connectivity index (χ0) is 24.1. The Labute approximate surface area is 196 Å². The fourth-order valence-corrected chi connectivity index (χ4v) is 4.66. The van der Waals surface area contributed by atoms with Gasteiger partial charge in [0.15, 0.2) is 11.4 Å². The summed E-state index contributed by atoms with van der Waals surface area (Å²) < 4.78 is 30.2. The lowest BCUT2D eigenvalue weighted by Gasteiger charge is -2.00. The molecule has 33 heavy (non-hydrogen) atoms. The van der Waals surface area contributed by atoms with Gasteiger partial charge in [-0.3, -0.25) is 0 Å². The molecule has 0 fully saturated rings. The Morgan fingerprint density at radius 1 is 0.788 bits per heavy atom. The van der Waals surface area contributed by atoms with Gasteiger partial charge >= 0.3 is 11.9 Å². The number of carboxylic acids is 1. The number of benzene rings is 2. The summed E-state index contributed by atoms with van der Waals surface area (Å²) in [5, 5.41) is 10.4. The molecule has 2 aromatic heterocycles. The summed E-state index contributed by atoms with van der Waals surface area (Å²) in [6.45, 7) is 3.55. The van der Waals surface area contributed by atoms with Crippen molar-refractivity contribution in [2.45, 2.75) is 13.8 Å². The highest BCUT2D eigenvalue weighted by Crippen LogP contribution is 2.31. The maximum Gasteiger partial charge on any atom is 0.358 e. The number of carboxylic acid groups (broad SMARTS) is 1. The molecule has 1 N–H and O–H groups in total. The molecule has 0 saturated heterocycles. The van der Waals surface area contributed by atoms with E-state index in [-0.39, 0.29) is 23.0 Å². The van der Waals surface area contributed by atoms with Crippen molar-refractivity contribution < 1.29 is 28.2 Å². The molecule has 0 atom stereocenters. The van der Waals surface area contributed by atoms with Crippen LogP contribution in [0.15, 0.2) is 48.5 Å². The number of thiazole rings is 2. The van der Waals surface area contributed by atoms with Crippen molar-refractivity contribution in [2.75, 3.05) is 7.11 Å². The molecule has 0 aliphatic rings. The van der Waals surface area contributed by atoms with E-state index in [0.717, 1.165) is 10.6 Å². The predicted octanol–water partition coefficient (Wildman–Crippen LogP) is 6.00. The number of nitrogens with zero attached hydrogens (tertiary/aromatic N) is 2. The van der Waals surface area contributed by atoms with Gasteiger partial charge in [-0.2, -0.15) is 0 Å². The minimum absolute atomic E-state index is 0.0223. The van der Waals surface area contributed by atoms with Gasteiger partial charge in [0.05, 0.1) is 26.9 Å². The van der Waals surface area contributed by atoms with Crippen LogP contribution in [0.25, 0.3) is 20.9 Å². The minimum atomic E-state index is -1.07. The Balaban J connectivity index is 0.000000186. The number of hydrogen-bond acceptors (Lipinski definition) is 7. The van der Waals surface area contributed by atoms with Gasteiger partial charge in [-0.1, -0.05) is 24.3 Å². The van der Waals surface area contributed by atoms with E-state index < -0.39 is 11.9 Å². The topological polar surface area (TPSA) is 89.4 Å². The summed E-state index contributed by atoms with van der Waals surface area (Å²) in [7, 11) is 1.31. The van der Waals surface area contributed by atoms with E-state index in [0.29, 0.717) is 20.3 Å². The van der Waals surface area contributed by atoms with Crippen LogP contribution in [0.5, 0.6) is 0 Å². The zero-order valence-electron chi connectivity index (χ0n) is 17.8. The second kappa shape index (κ2) is 10.4. The Morgan fingerprint density at radius 3 is 1.58 bits per heavy atom. The van der Waals surface area contributed by atoms with Crippen molar-refractivity contribution in [1.29, 1.82) is 0 Å². The molecule has 170 valence electrons. The normalized spacial score (nSPS) is 10.3. The van der Waals surface area contributed by atoms with Gasteiger partial charge in [0.2, 0.25) is 0 Å². The van der Waals surface area contributed by atoms with Crippen LogP contribution >= 0.6 is 22.7 Å². The molecule has 0 radical (unpaired) electrons. The van der Waals surface area contributed by atoms with Crippen molar-refractivity contribution in [1.82, 2.24) is 9.97 Å². The van der Waals surface area contributed by atoms with Crippen molar-refractivity contribution in [3.05, 3.63) is 81.6 Å². The third kappa shape index (κ3) is 5.85. The van der Waals surface area contributed by atoms with Gasteiger partial charge in [0.25, 0.3) is 0 Å². The first-order valence-electron chi connectivity index (χ1n) is 9.48. The largest absolute Gasteiger partial charge is 0.476 e. The van der Waals surface area contributed by atoms with Gasteiger partial charge in [-0.05, 0) is 49.2 Å². The van der Waals surface area contributed by atoms with Crippen molar-refractivity contribution in [3.63, 3.8) is 0 Å². The van der Waals surface area contributed by atoms with Crippen molar-refractivity contribution in [2.24, 2.45) is 0 Å². The molecule has 4 aromatic rings. The van der Waals surface area contributed by atoms with Crippen molar-refractivity contribution >= 4 is 34.6 Å². The van der Waals surface area contributed by atoms with E-state index >= 15 is 0 Å². The highest BCUT2D eigenvalue weighted by atomic mass is 32.1. The first-order chi connectivity index (χ1) is 15.7. The highest BCUT2D eigenvalue weighted by molar-refractivity contribution is 7.15. The lowest BCUT2D eigenvalue weighted by atomic mass is 10.1. The number of carbonyl (C=O) groups is 2. The van der Waals surface area contributed by atoms with E-state index in [1.165, 1.54) is 54.0 Å². The van der Waals surface area contributed by atoms with Gasteiger partial charge < -0.3 is 9.84 Å². The average Bonchev–Trinajstić information content (AvgIpc) is 3.38. The van der Waals surface area contributed by atoms with Crippen molar-refractivity contribution in [3.8, 4) is 20.9 Å². The zero-order valence-corrected chi connectivity index (χ0v) is 19.4. The molecule has 0 unspecified atom stereocenters. The summed E-state index contributed by atoms with van der Waals surface area (Å²) in [5.74, 6) is -2.20. The Hall–Kier alpha value is -3.50. The van der Waals surface area contributed by atoms with Gasteiger partial charge in [-0.15, -0.1) is 22.7 Å².